The van der Waals surface area contributed by atoms with Crippen LogP contribution >= 0.6 is 0 Å². The number of anilines is 1. The van der Waals surface area contributed by atoms with Gasteiger partial charge in [0.25, 0.3) is 0 Å². The lowest BCUT2D eigenvalue weighted by Gasteiger charge is -2.09. The van der Waals surface area contributed by atoms with E-state index in [-0.39, 0.29) is 5.82 Å². The van der Waals surface area contributed by atoms with E-state index in [1.165, 1.54) is 12.1 Å². The molecule has 0 spiro atoms. The van der Waals surface area contributed by atoms with E-state index < -0.39 is 0 Å². The third kappa shape index (κ3) is 2.59. The van der Waals surface area contributed by atoms with Crippen LogP contribution in [0.2, 0.25) is 0 Å². The van der Waals surface area contributed by atoms with Crippen molar-refractivity contribution in [2.24, 2.45) is 0 Å². The predicted octanol–water partition coefficient (Wildman–Crippen LogP) is 3.23. The quantitative estimate of drug-likeness (QED) is 0.838. The lowest BCUT2D eigenvalue weighted by atomic mass is 10.2. The standard InChI is InChI=1S/C14H16FN3/c1-4-5-16-14-17-11(3)9-18(14)13-7-10(2)6-12(15)8-13/h4,6-9H,1,5H2,2-3H3,(H,16,17). The number of rotatable bonds is 4. The highest BCUT2D eigenvalue weighted by Gasteiger charge is 2.08. The molecule has 18 heavy (non-hydrogen) atoms. The molecule has 0 aliphatic heterocycles. The average molecular weight is 245 g/mol. The fourth-order valence-corrected chi connectivity index (χ4v) is 1.84. The first kappa shape index (κ1) is 12.4. The van der Waals surface area contributed by atoms with Crippen LogP contribution in [-0.4, -0.2) is 16.1 Å². The third-order valence-corrected chi connectivity index (χ3v) is 2.54. The summed E-state index contributed by atoms with van der Waals surface area (Å²) in [6.45, 7) is 8.04. The van der Waals surface area contributed by atoms with E-state index in [1.807, 2.05) is 30.7 Å². The summed E-state index contributed by atoms with van der Waals surface area (Å²) in [7, 11) is 0. The maximum Gasteiger partial charge on any atom is 0.207 e. The van der Waals surface area contributed by atoms with Gasteiger partial charge in [0.2, 0.25) is 5.95 Å². The molecule has 0 unspecified atom stereocenters. The van der Waals surface area contributed by atoms with Gasteiger partial charge in [0.15, 0.2) is 0 Å². The van der Waals surface area contributed by atoms with E-state index in [4.69, 9.17) is 0 Å². The molecule has 0 radical (unpaired) electrons. The van der Waals surface area contributed by atoms with Crippen LogP contribution in [0.1, 0.15) is 11.3 Å². The molecule has 0 saturated heterocycles. The number of aryl methyl sites for hydroxylation is 2. The van der Waals surface area contributed by atoms with Gasteiger partial charge in [-0.3, -0.25) is 4.57 Å². The summed E-state index contributed by atoms with van der Waals surface area (Å²) < 4.78 is 15.3. The molecular weight excluding hydrogens is 229 g/mol. The van der Waals surface area contributed by atoms with Crippen LogP contribution in [0, 0.1) is 19.7 Å². The largest absolute Gasteiger partial charge is 0.352 e. The first-order valence-electron chi connectivity index (χ1n) is 5.78. The highest BCUT2D eigenvalue weighted by Crippen LogP contribution is 2.19. The molecule has 0 bridgehead atoms. The Hall–Kier alpha value is -2.10. The Kier molecular flexibility index (Phi) is 3.46. The van der Waals surface area contributed by atoms with Crippen molar-refractivity contribution in [3.8, 4) is 5.69 Å². The monoisotopic (exact) mass is 245 g/mol. The Morgan fingerprint density at radius 3 is 2.83 bits per heavy atom. The number of benzene rings is 1. The van der Waals surface area contributed by atoms with E-state index in [0.29, 0.717) is 12.5 Å². The van der Waals surface area contributed by atoms with Gasteiger partial charge in [-0.1, -0.05) is 6.08 Å². The van der Waals surface area contributed by atoms with Gasteiger partial charge in [-0.2, -0.15) is 0 Å². The second-order valence-electron chi connectivity index (χ2n) is 4.23. The summed E-state index contributed by atoms with van der Waals surface area (Å²) in [6, 6.07) is 4.92. The Labute approximate surface area is 106 Å². The van der Waals surface area contributed by atoms with Gasteiger partial charge >= 0.3 is 0 Å². The SMILES string of the molecule is C=CCNc1nc(C)cn1-c1cc(C)cc(F)c1. The Balaban J connectivity index is 2.45. The van der Waals surface area contributed by atoms with Crippen LogP contribution in [-0.2, 0) is 0 Å². The smallest absolute Gasteiger partial charge is 0.207 e. The minimum atomic E-state index is -0.244. The molecule has 94 valence electrons. The van der Waals surface area contributed by atoms with Gasteiger partial charge in [-0.15, -0.1) is 6.58 Å². The van der Waals surface area contributed by atoms with Crippen LogP contribution in [0.5, 0.6) is 0 Å². The van der Waals surface area contributed by atoms with E-state index >= 15 is 0 Å². The molecule has 0 aliphatic carbocycles. The zero-order chi connectivity index (χ0) is 13.1. The number of halogens is 1. The average Bonchev–Trinajstić information content (AvgIpc) is 2.66. The highest BCUT2D eigenvalue weighted by molar-refractivity contribution is 5.45. The van der Waals surface area contributed by atoms with Crippen LogP contribution in [0.15, 0.2) is 37.1 Å². The van der Waals surface area contributed by atoms with Crippen LogP contribution in [0.3, 0.4) is 0 Å². The molecular formula is C14H16FN3. The summed E-state index contributed by atoms with van der Waals surface area (Å²) in [6.07, 6.45) is 3.63. The Morgan fingerprint density at radius 1 is 1.39 bits per heavy atom. The van der Waals surface area contributed by atoms with Crippen molar-refractivity contribution < 1.29 is 4.39 Å². The van der Waals surface area contributed by atoms with Gasteiger partial charge in [-0.05, 0) is 37.6 Å². The summed E-state index contributed by atoms with van der Waals surface area (Å²) in [4.78, 5) is 4.37. The van der Waals surface area contributed by atoms with E-state index in [1.54, 1.807) is 6.08 Å². The summed E-state index contributed by atoms with van der Waals surface area (Å²) in [5.41, 5.74) is 2.52. The van der Waals surface area contributed by atoms with E-state index in [2.05, 4.69) is 16.9 Å². The molecule has 0 amide bonds. The van der Waals surface area contributed by atoms with E-state index in [9.17, 15) is 4.39 Å². The molecule has 1 heterocycles. The molecule has 4 heteroatoms. The topological polar surface area (TPSA) is 29.9 Å². The molecule has 0 atom stereocenters. The normalized spacial score (nSPS) is 10.4. The van der Waals surface area contributed by atoms with Gasteiger partial charge in [0.1, 0.15) is 5.82 Å². The summed E-state index contributed by atoms with van der Waals surface area (Å²) in [5.74, 6) is 0.448. The van der Waals surface area contributed by atoms with E-state index in [0.717, 1.165) is 16.9 Å². The first-order chi connectivity index (χ1) is 8.60. The van der Waals surface area contributed by atoms with Crippen molar-refractivity contribution in [1.29, 1.82) is 0 Å². The van der Waals surface area contributed by atoms with Crippen LogP contribution in [0.4, 0.5) is 10.3 Å². The van der Waals surface area contributed by atoms with Gasteiger partial charge in [-0.25, -0.2) is 9.37 Å². The van der Waals surface area contributed by atoms with Crippen LogP contribution in [0.25, 0.3) is 5.69 Å². The second-order valence-corrected chi connectivity index (χ2v) is 4.23. The van der Waals surface area contributed by atoms with Crippen molar-refractivity contribution in [2.75, 3.05) is 11.9 Å². The van der Waals surface area contributed by atoms with Gasteiger partial charge < -0.3 is 5.32 Å². The van der Waals surface area contributed by atoms with Gasteiger partial charge in [0.05, 0.1) is 11.4 Å². The highest BCUT2D eigenvalue weighted by atomic mass is 19.1. The number of hydrogen-bond acceptors (Lipinski definition) is 2. The summed E-state index contributed by atoms with van der Waals surface area (Å²) >= 11 is 0. The minimum Gasteiger partial charge on any atom is -0.352 e. The maximum absolute atomic E-state index is 13.4. The third-order valence-electron chi connectivity index (χ3n) is 2.54. The predicted molar refractivity (Wildman–Crippen MR) is 71.7 cm³/mol. The molecule has 1 N–H and O–H groups in total. The van der Waals surface area contributed by atoms with Crippen molar-refractivity contribution in [2.45, 2.75) is 13.8 Å². The fraction of sp³-hybridized carbons (Fsp3) is 0.214. The first-order valence-corrected chi connectivity index (χ1v) is 5.78. The molecule has 1 aromatic heterocycles. The fourth-order valence-electron chi connectivity index (χ4n) is 1.84. The number of aromatic nitrogens is 2. The molecule has 3 nitrogen and oxygen atoms in total. The number of nitrogens with one attached hydrogen (secondary N) is 1. The number of imidazole rings is 1. The molecule has 2 rings (SSSR count). The van der Waals surface area contributed by atoms with Gasteiger partial charge in [0, 0.05) is 12.7 Å². The molecule has 2 aromatic rings. The van der Waals surface area contributed by atoms with Crippen molar-refractivity contribution in [3.63, 3.8) is 0 Å². The molecule has 0 saturated carbocycles. The lowest BCUT2D eigenvalue weighted by Crippen LogP contribution is -2.06. The van der Waals surface area contributed by atoms with Crippen molar-refractivity contribution in [3.05, 3.63) is 54.1 Å². The molecule has 1 aromatic carbocycles. The summed E-state index contributed by atoms with van der Waals surface area (Å²) in [5, 5.41) is 3.13. The number of nitrogens with zero attached hydrogens (tertiary/aromatic N) is 2. The van der Waals surface area contributed by atoms with Crippen molar-refractivity contribution >= 4 is 5.95 Å². The Morgan fingerprint density at radius 2 is 2.17 bits per heavy atom. The number of hydrogen-bond donors (Lipinski definition) is 1. The zero-order valence-corrected chi connectivity index (χ0v) is 10.6. The Bertz CT molecular complexity index is 552. The van der Waals surface area contributed by atoms with Crippen molar-refractivity contribution in [1.82, 2.24) is 9.55 Å². The zero-order valence-electron chi connectivity index (χ0n) is 10.6. The maximum atomic E-state index is 13.4. The lowest BCUT2D eigenvalue weighted by molar-refractivity contribution is 0.625. The molecule has 0 aliphatic rings. The minimum absolute atomic E-state index is 0.244. The molecule has 0 fully saturated rings. The van der Waals surface area contributed by atoms with Crippen LogP contribution < -0.4 is 5.32 Å². The second kappa shape index (κ2) is 5.04.